The lowest BCUT2D eigenvalue weighted by molar-refractivity contribution is -0.132. The number of rotatable bonds is 1. The zero-order chi connectivity index (χ0) is 5.86. The largest absolute Gasteiger partial charge is 0.478 e. The van der Waals surface area contributed by atoms with Gasteiger partial charge in [-0.25, -0.2) is 4.79 Å². The number of carboxylic acids is 1. The van der Waals surface area contributed by atoms with Crippen LogP contribution in [0.25, 0.3) is 0 Å². The van der Waals surface area contributed by atoms with Gasteiger partial charge in [0.1, 0.15) is 0 Å². The van der Waals surface area contributed by atoms with Crippen LogP contribution in [0.2, 0.25) is 0 Å². The molecule has 0 saturated heterocycles. The summed E-state index contributed by atoms with van der Waals surface area (Å²) < 4.78 is 0. The lowest BCUT2D eigenvalue weighted by Crippen LogP contribution is -1.93. The molecule has 0 rings (SSSR count). The highest BCUT2D eigenvalue weighted by Gasteiger charge is 1.94. The van der Waals surface area contributed by atoms with Crippen molar-refractivity contribution < 1.29 is 9.90 Å². The summed E-state index contributed by atoms with van der Waals surface area (Å²) >= 11 is 3.61. The van der Waals surface area contributed by atoms with E-state index < -0.39 is 5.97 Å². The van der Waals surface area contributed by atoms with E-state index in [1.807, 2.05) is 0 Å². The van der Waals surface area contributed by atoms with Crippen LogP contribution in [-0.4, -0.2) is 11.1 Å². The van der Waals surface area contributed by atoms with Gasteiger partial charge in [0, 0.05) is 5.57 Å². The third-order valence-electron chi connectivity index (χ3n) is 0.531. The molecule has 0 heterocycles. The summed E-state index contributed by atoms with van der Waals surface area (Å²) in [5.74, 6) is -0.921. The van der Waals surface area contributed by atoms with Gasteiger partial charge in [-0.05, 0) is 12.3 Å². The number of aliphatic carboxylic acids is 1. The maximum Gasteiger partial charge on any atom is 0.331 e. The molecule has 0 radical (unpaired) electrons. The van der Waals surface area contributed by atoms with Crippen molar-refractivity contribution in [2.45, 2.75) is 6.92 Å². The first-order valence-corrected chi connectivity index (χ1v) is 2.24. The Bertz CT molecular complexity index is 106. The Morgan fingerprint density at radius 3 is 2.29 bits per heavy atom. The second-order valence-corrected chi connectivity index (χ2v) is 1.38. The standard InChI is InChI=1S/C4H6O2S/c1-3(2-7)4(5)6/h2,7H,1H3,(H,5,6)/b3-2+. The van der Waals surface area contributed by atoms with Crippen molar-refractivity contribution in [2.24, 2.45) is 0 Å². The number of hydrogen-bond acceptors (Lipinski definition) is 2. The Hall–Kier alpha value is -0.440. The van der Waals surface area contributed by atoms with Crippen molar-refractivity contribution in [3.63, 3.8) is 0 Å². The van der Waals surface area contributed by atoms with Gasteiger partial charge in [-0.3, -0.25) is 0 Å². The van der Waals surface area contributed by atoms with Gasteiger partial charge < -0.3 is 5.11 Å². The minimum Gasteiger partial charge on any atom is -0.478 e. The van der Waals surface area contributed by atoms with E-state index in [-0.39, 0.29) is 5.57 Å². The van der Waals surface area contributed by atoms with Crippen LogP contribution in [0, 0.1) is 0 Å². The van der Waals surface area contributed by atoms with Crippen LogP contribution in [0.5, 0.6) is 0 Å². The molecule has 0 aliphatic heterocycles. The molecule has 2 nitrogen and oxygen atoms in total. The number of carboxylic acid groups (broad SMARTS) is 1. The quantitative estimate of drug-likeness (QED) is 0.396. The first-order valence-electron chi connectivity index (χ1n) is 1.72. The number of thiol groups is 1. The van der Waals surface area contributed by atoms with Gasteiger partial charge in [0.15, 0.2) is 0 Å². The van der Waals surface area contributed by atoms with Crippen LogP contribution in [0.4, 0.5) is 0 Å². The molecule has 0 saturated carbocycles. The fraction of sp³-hybridized carbons (Fsp3) is 0.250. The first kappa shape index (κ1) is 6.56. The van der Waals surface area contributed by atoms with E-state index in [2.05, 4.69) is 12.6 Å². The Kier molecular flexibility index (Phi) is 2.52. The lowest BCUT2D eigenvalue weighted by atomic mass is 10.4. The van der Waals surface area contributed by atoms with Crippen LogP contribution < -0.4 is 0 Å². The molecule has 40 valence electrons. The Labute approximate surface area is 47.3 Å². The molecule has 0 bridgehead atoms. The van der Waals surface area contributed by atoms with E-state index >= 15 is 0 Å². The zero-order valence-electron chi connectivity index (χ0n) is 3.88. The van der Waals surface area contributed by atoms with Gasteiger partial charge in [0.2, 0.25) is 0 Å². The predicted molar refractivity (Wildman–Crippen MR) is 30.4 cm³/mol. The van der Waals surface area contributed by atoms with E-state index in [1.165, 1.54) is 12.3 Å². The van der Waals surface area contributed by atoms with E-state index in [1.54, 1.807) is 0 Å². The molecule has 0 amide bonds. The van der Waals surface area contributed by atoms with Crippen LogP contribution in [0.1, 0.15) is 6.92 Å². The summed E-state index contributed by atoms with van der Waals surface area (Å²) in [4.78, 5) is 9.81. The van der Waals surface area contributed by atoms with Crippen molar-refractivity contribution in [1.29, 1.82) is 0 Å². The second kappa shape index (κ2) is 2.69. The van der Waals surface area contributed by atoms with Crippen LogP contribution in [-0.2, 0) is 4.79 Å². The summed E-state index contributed by atoms with van der Waals surface area (Å²) in [6.45, 7) is 1.48. The SMILES string of the molecule is C/C(=C\S)C(=O)O. The average Bonchev–Trinajstić information content (AvgIpc) is 1.65. The monoisotopic (exact) mass is 118 g/mol. The number of hydrogen-bond donors (Lipinski definition) is 2. The lowest BCUT2D eigenvalue weighted by Gasteiger charge is -1.83. The smallest absolute Gasteiger partial charge is 0.331 e. The third kappa shape index (κ3) is 2.28. The predicted octanol–water partition coefficient (Wildman–Crippen LogP) is 0.905. The fourth-order valence-electron chi connectivity index (χ4n) is 0.0552. The van der Waals surface area contributed by atoms with Gasteiger partial charge in [-0.1, -0.05) is 0 Å². The molecule has 0 aliphatic rings. The zero-order valence-corrected chi connectivity index (χ0v) is 4.77. The highest BCUT2D eigenvalue weighted by atomic mass is 32.1. The molecular formula is C4H6O2S. The summed E-state index contributed by atoms with van der Waals surface area (Å²) in [7, 11) is 0. The molecule has 0 aromatic rings. The molecule has 0 unspecified atom stereocenters. The second-order valence-electron chi connectivity index (χ2n) is 1.12. The molecule has 1 N–H and O–H groups in total. The van der Waals surface area contributed by atoms with E-state index in [4.69, 9.17) is 5.11 Å². The summed E-state index contributed by atoms with van der Waals surface area (Å²) in [5, 5.41) is 9.32. The highest BCUT2D eigenvalue weighted by molar-refractivity contribution is 7.83. The van der Waals surface area contributed by atoms with Crippen LogP contribution in [0.15, 0.2) is 11.0 Å². The maximum absolute atomic E-state index is 9.81. The summed E-state index contributed by atoms with van der Waals surface area (Å²) in [5.41, 5.74) is 0.253. The normalized spacial score (nSPS) is 11.4. The van der Waals surface area contributed by atoms with Crippen molar-refractivity contribution in [2.75, 3.05) is 0 Å². The van der Waals surface area contributed by atoms with Crippen molar-refractivity contribution in [3.05, 3.63) is 11.0 Å². The summed E-state index contributed by atoms with van der Waals surface area (Å²) in [6.07, 6.45) is 0. The van der Waals surface area contributed by atoms with Crippen molar-refractivity contribution in [3.8, 4) is 0 Å². The highest BCUT2D eigenvalue weighted by Crippen LogP contribution is 1.91. The minimum absolute atomic E-state index is 0.253. The Morgan fingerprint density at radius 1 is 1.86 bits per heavy atom. The van der Waals surface area contributed by atoms with Gasteiger partial charge in [-0.2, -0.15) is 12.6 Å². The third-order valence-corrected chi connectivity index (χ3v) is 0.918. The Morgan fingerprint density at radius 2 is 2.29 bits per heavy atom. The topological polar surface area (TPSA) is 37.3 Å². The van der Waals surface area contributed by atoms with Gasteiger partial charge >= 0.3 is 5.97 Å². The van der Waals surface area contributed by atoms with Crippen molar-refractivity contribution >= 4 is 18.6 Å². The van der Waals surface area contributed by atoms with Crippen LogP contribution >= 0.6 is 12.6 Å². The first-order chi connectivity index (χ1) is 3.18. The van der Waals surface area contributed by atoms with E-state index in [0.29, 0.717) is 0 Å². The molecule has 0 spiro atoms. The van der Waals surface area contributed by atoms with E-state index in [9.17, 15) is 4.79 Å². The molecule has 0 fully saturated rings. The van der Waals surface area contributed by atoms with E-state index in [0.717, 1.165) is 0 Å². The molecule has 0 aliphatic carbocycles. The maximum atomic E-state index is 9.81. The molecule has 0 atom stereocenters. The fourth-order valence-corrected chi connectivity index (χ4v) is 0.166. The summed E-state index contributed by atoms with van der Waals surface area (Å²) in [6, 6.07) is 0. The molecule has 7 heavy (non-hydrogen) atoms. The Balaban J connectivity index is 3.82. The molecule has 0 aromatic heterocycles. The van der Waals surface area contributed by atoms with Crippen LogP contribution in [0.3, 0.4) is 0 Å². The van der Waals surface area contributed by atoms with Gasteiger partial charge in [-0.15, -0.1) is 0 Å². The molecule has 3 heteroatoms. The molecular weight excluding hydrogens is 112 g/mol. The average molecular weight is 118 g/mol. The van der Waals surface area contributed by atoms with Crippen molar-refractivity contribution in [1.82, 2.24) is 0 Å². The minimum atomic E-state index is -0.921. The van der Waals surface area contributed by atoms with Gasteiger partial charge in [0.05, 0.1) is 0 Å². The molecule has 0 aromatic carbocycles. The number of carbonyl (C=O) groups is 1. The van der Waals surface area contributed by atoms with Gasteiger partial charge in [0.25, 0.3) is 0 Å².